The third-order valence-corrected chi connectivity index (χ3v) is 3.33. The van der Waals surface area contributed by atoms with Gasteiger partial charge in [-0.2, -0.15) is 13.2 Å². The molecule has 0 aliphatic rings. The molecule has 9 heteroatoms. The van der Waals surface area contributed by atoms with Crippen molar-refractivity contribution in [2.75, 3.05) is 11.9 Å². The Bertz CT molecular complexity index is 765. The Morgan fingerprint density at radius 2 is 2.00 bits per heavy atom. The number of halogens is 4. The number of amides is 1. The zero-order chi connectivity index (χ0) is 18.6. The Hall–Kier alpha value is -2.35. The van der Waals surface area contributed by atoms with Gasteiger partial charge in [0.1, 0.15) is 5.69 Å². The van der Waals surface area contributed by atoms with E-state index >= 15 is 0 Å². The molecule has 0 fully saturated rings. The molecule has 0 saturated carbocycles. The average Bonchev–Trinajstić information content (AvgIpc) is 2.53. The summed E-state index contributed by atoms with van der Waals surface area (Å²) in [6, 6.07) is 4.69. The van der Waals surface area contributed by atoms with E-state index in [4.69, 9.17) is 11.6 Å². The first-order valence-corrected chi connectivity index (χ1v) is 7.79. The number of carbonyl (C=O) groups is 1. The van der Waals surface area contributed by atoms with Crippen LogP contribution in [0.25, 0.3) is 0 Å². The monoisotopic (exact) mass is 372 g/mol. The summed E-state index contributed by atoms with van der Waals surface area (Å²) in [4.78, 5) is 19.8. The Kier molecular flexibility index (Phi) is 5.84. The van der Waals surface area contributed by atoms with Crippen LogP contribution in [-0.2, 0) is 6.18 Å². The molecule has 0 saturated heterocycles. The van der Waals surface area contributed by atoms with Gasteiger partial charge in [0.15, 0.2) is 0 Å². The van der Waals surface area contributed by atoms with Gasteiger partial charge in [-0.1, -0.05) is 25.4 Å². The predicted octanol–water partition coefficient (Wildman–Crippen LogP) is 4.28. The first kappa shape index (κ1) is 19.0. The Morgan fingerprint density at radius 1 is 1.28 bits per heavy atom. The van der Waals surface area contributed by atoms with Gasteiger partial charge >= 0.3 is 6.18 Å². The van der Waals surface area contributed by atoms with Crippen LogP contribution in [0.2, 0.25) is 5.02 Å². The van der Waals surface area contributed by atoms with Crippen molar-refractivity contribution in [3.8, 4) is 0 Å². The molecule has 2 aromatic rings. The maximum atomic E-state index is 13.1. The van der Waals surface area contributed by atoms with Gasteiger partial charge in [0.05, 0.1) is 11.3 Å². The largest absolute Gasteiger partial charge is 0.418 e. The van der Waals surface area contributed by atoms with Crippen LogP contribution < -0.4 is 10.6 Å². The third-order valence-electron chi connectivity index (χ3n) is 3.09. The SMILES string of the molecule is CC(C)CNC(=O)c1ccnc(Nc2ccc(Cl)cc2C(F)(F)F)n1. The van der Waals surface area contributed by atoms with E-state index in [1.807, 2.05) is 13.8 Å². The molecule has 0 atom stereocenters. The lowest BCUT2D eigenvalue weighted by Crippen LogP contribution is -2.28. The summed E-state index contributed by atoms with van der Waals surface area (Å²) >= 11 is 5.64. The Morgan fingerprint density at radius 3 is 2.64 bits per heavy atom. The number of anilines is 2. The number of nitrogens with one attached hydrogen (secondary N) is 2. The van der Waals surface area contributed by atoms with E-state index in [0.29, 0.717) is 6.54 Å². The van der Waals surface area contributed by atoms with Crippen LogP contribution in [-0.4, -0.2) is 22.4 Å². The second-order valence-corrected chi connectivity index (χ2v) is 6.12. The first-order chi connectivity index (χ1) is 11.7. The minimum atomic E-state index is -4.60. The number of alkyl halides is 3. The summed E-state index contributed by atoms with van der Waals surface area (Å²) in [6.45, 7) is 4.33. The summed E-state index contributed by atoms with van der Waals surface area (Å²) in [5.74, 6) is -0.289. The van der Waals surface area contributed by atoms with Crippen LogP contribution in [0.1, 0.15) is 29.9 Å². The molecule has 5 nitrogen and oxygen atoms in total. The van der Waals surface area contributed by atoms with Gasteiger partial charge in [0, 0.05) is 17.8 Å². The standard InChI is InChI=1S/C16H16ClF3N4O/c1-9(2)8-22-14(25)13-5-6-21-15(24-13)23-12-4-3-10(17)7-11(12)16(18,19)20/h3-7,9H,8H2,1-2H3,(H,22,25)(H,21,23,24). The second-order valence-electron chi connectivity index (χ2n) is 5.68. The highest BCUT2D eigenvalue weighted by molar-refractivity contribution is 6.30. The number of hydrogen-bond acceptors (Lipinski definition) is 4. The highest BCUT2D eigenvalue weighted by Crippen LogP contribution is 2.37. The van der Waals surface area contributed by atoms with Gasteiger partial charge in [-0.05, 0) is 30.2 Å². The second kappa shape index (κ2) is 7.69. The highest BCUT2D eigenvalue weighted by atomic mass is 35.5. The molecule has 0 aliphatic heterocycles. The molecule has 0 spiro atoms. The van der Waals surface area contributed by atoms with Gasteiger partial charge in [-0.15, -0.1) is 0 Å². The van der Waals surface area contributed by atoms with Gasteiger partial charge in [0.25, 0.3) is 5.91 Å². The molecule has 134 valence electrons. The number of aromatic nitrogens is 2. The van der Waals surface area contributed by atoms with Crippen molar-refractivity contribution in [3.05, 3.63) is 46.7 Å². The van der Waals surface area contributed by atoms with E-state index in [1.165, 1.54) is 24.4 Å². The van der Waals surface area contributed by atoms with Crippen LogP contribution in [0.5, 0.6) is 0 Å². The lowest BCUT2D eigenvalue weighted by Gasteiger charge is -2.14. The number of hydrogen-bond donors (Lipinski definition) is 2. The molecule has 0 bridgehead atoms. The molecule has 1 amide bonds. The molecular formula is C16H16ClF3N4O. The van der Waals surface area contributed by atoms with Gasteiger partial charge in [-0.25, -0.2) is 9.97 Å². The van der Waals surface area contributed by atoms with Crippen LogP contribution in [0.15, 0.2) is 30.5 Å². The lowest BCUT2D eigenvalue weighted by atomic mass is 10.1. The van der Waals surface area contributed by atoms with Crippen molar-refractivity contribution in [1.29, 1.82) is 0 Å². The summed E-state index contributed by atoms with van der Waals surface area (Å²) < 4.78 is 39.3. The smallest absolute Gasteiger partial charge is 0.350 e. The van der Waals surface area contributed by atoms with Crippen molar-refractivity contribution in [2.45, 2.75) is 20.0 Å². The predicted molar refractivity (Wildman–Crippen MR) is 88.9 cm³/mol. The fraction of sp³-hybridized carbons (Fsp3) is 0.312. The maximum Gasteiger partial charge on any atom is 0.418 e. The number of rotatable bonds is 5. The molecule has 25 heavy (non-hydrogen) atoms. The molecule has 2 N–H and O–H groups in total. The number of carbonyl (C=O) groups excluding carboxylic acids is 1. The quantitative estimate of drug-likeness (QED) is 0.822. The van der Waals surface area contributed by atoms with E-state index in [2.05, 4.69) is 20.6 Å². The minimum absolute atomic E-state index is 0.0411. The summed E-state index contributed by atoms with van der Waals surface area (Å²) in [6.07, 6.45) is -3.30. The molecule has 2 rings (SSSR count). The van der Waals surface area contributed by atoms with Gasteiger partial charge in [0.2, 0.25) is 5.95 Å². The van der Waals surface area contributed by atoms with Crippen molar-refractivity contribution in [2.24, 2.45) is 5.92 Å². The Balaban J connectivity index is 2.25. The molecule has 1 heterocycles. The van der Waals surface area contributed by atoms with Crippen molar-refractivity contribution in [1.82, 2.24) is 15.3 Å². The molecule has 0 radical (unpaired) electrons. The molecule has 1 aromatic heterocycles. The molecule has 1 aromatic carbocycles. The van der Waals surface area contributed by atoms with E-state index in [1.54, 1.807) is 0 Å². The van der Waals surface area contributed by atoms with E-state index in [9.17, 15) is 18.0 Å². The third kappa shape index (κ3) is 5.32. The van der Waals surface area contributed by atoms with Crippen LogP contribution in [0.3, 0.4) is 0 Å². The van der Waals surface area contributed by atoms with E-state index in [-0.39, 0.29) is 28.3 Å². The van der Waals surface area contributed by atoms with Crippen LogP contribution in [0, 0.1) is 5.92 Å². The van der Waals surface area contributed by atoms with Crippen LogP contribution in [0.4, 0.5) is 24.8 Å². The zero-order valence-electron chi connectivity index (χ0n) is 13.5. The summed E-state index contributed by atoms with van der Waals surface area (Å²) in [5.41, 5.74) is -1.14. The lowest BCUT2D eigenvalue weighted by molar-refractivity contribution is -0.136. The molecule has 0 unspecified atom stereocenters. The Labute approximate surface area is 147 Å². The van der Waals surface area contributed by atoms with E-state index in [0.717, 1.165) is 6.07 Å². The first-order valence-electron chi connectivity index (χ1n) is 7.42. The van der Waals surface area contributed by atoms with Crippen molar-refractivity contribution < 1.29 is 18.0 Å². The van der Waals surface area contributed by atoms with Crippen molar-refractivity contribution >= 4 is 29.1 Å². The molecule has 0 aliphatic carbocycles. The minimum Gasteiger partial charge on any atom is -0.350 e. The number of benzene rings is 1. The fourth-order valence-electron chi connectivity index (χ4n) is 1.91. The molecular weight excluding hydrogens is 357 g/mol. The van der Waals surface area contributed by atoms with Crippen LogP contribution >= 0.6 is 11.6 Å². The summed E-state index contributed by atoms with van der Waals surface area (Å²) in [5, 5.41) is 5.12. The zero-order valence-corrected chi connectivity index (χ0v) is 14.2. The average molecular weight is 373 g/mol. The summed E-state index contributed by atoms with van der Waals surface area (Å²) in [7, 11) is 0. The fourth-order valence-corrected chi connectivity index (χ4v) is 2.09. The number of nitrogens with zero attached hydrogens (tertiary/aromatic N) is 2. The van der Waals surface area contributed by atoms with Crippen molar-refractivity contribution in [3.63, 3.8) is 0 Å². The normalized spacial score (nSPS) is 11.5. The maximum absolute atomic E-state index is 13.1. The van der Waals surface area contributed by atoms with E-state index < -0.39 is 17.6 Å². The van der Waals surface area contributed by atoms with Gasteiger partial charge < -0.3 is 10.6 Å². The van der Waals surface area contributed by atoms with Gasteiger partial charge in [-0.3, -0.25) is 4.79 Å². The topological polar surface area (TPSA) is 66.9 Å². The highest BCUT2D eigenvalue weighted by Gasteiger charge is 2.34.